The number of carbonyl (C=O) groups excluding carboxylic acids is 1. The number of anilines is 1. The van der Waals surface area contributed by atoms with E-state index >= 15 is 0 Å². The average molecular weight is 398 g/mol. The Bertz CT molecular complexity index is 1110. The van der Waals surface area contributed by atoms with Crippen molar-refractivity contribution in [3.05, 3.63) is 81.0 Å². The standard InChI is InChI=1S/C21H20ClN3O3/c1-13-11-14(2)25(21(27)23-13)18-12-15(9-10-16(18)22)20(26)24(3)17-7-5-6-8-19(17)28-4/h5-12H,1-4H3. The van der Waals surface area contributed by atoms with E-state index in [1.54, 1.807) is 64.4 Å². The van der Waals surface area contributed by atoms with Crippen LogP contribution >= 0.6 is 11.6 Å². The molecule has 0 saturated carbocycles. The number of hydrogen-bond donors (Lipinski definition) is 0. The number of hydrogen-bond acceptors (Lipinski definition) is 4. The molecule has 144 valence electrons. The number of rotatable bonds is 4. The molecule has 6 nitrogen and oxygen atoms in total. The number of halogens is 1. The van der Waals surface area contributed by atoms with Crippen LogP contribution in [0.25, 0.3) is 5.69 Å². The van der Waals surface area contributed by atoms with Gasteiger partial charge in [0.05, 0.1) is 23.5 Å². The lowest BCUT2D eigenvalue weighted by molar-refractivity contribution is 0.0992. The molecule has 0 bridgehead atoms. The Labute approximate surface area is 168 Å². The Kier molecular flexibility index (Phi) is 5.51. The predicted octanol–water partition coefficient (Wildman–Crippen LogP) is 3.79. The molecule has 0 saturated heterocycles. The highest BCUT2D eigenvalue weighted by molar-refractivity contribution is 6.32. The highest BCUT2D eigenvalue weighted by Crippen LogP contribution is 2.29. The maximum absolute atomic E-state index is 13.1. The zero-order chi connectivity index (χ0) is 20.4. The van der Waals surface area contributed by atoms with Crippen molar-refractivity contribution in [3.8, 4) is 11.4 Å². The maximum atomic E-state index is 13.1. The highest BCUT2D eigenvalue weighted by atomic mass is 35.5. The fraction of sp³-hybridized carbons (Fsp3) is 0.190. The van der Waals surface area contributed by atoms with Gasteiger partial charge in [-0.3, -0.25) is 9.36 Å². The van der Waals surface area contributed by atoms with Crippen molar-refractivity contribution >= 4 is 23.2 Å². The van der Waals surface area contributed by atoms with E-state index in [2.05, 4.69) is 4.98 Å². The van der Waals surface area contributed by atoms with Gasteiger partial charge in [-0.2, -0.15) is 4.98 Å². The van der Waals surface area contributed by atoms with Crippen molar-refractivity contribution in [1.29, 1.82) is 0 Å². The van der Waals surface area contributed by atoms with E-state index in [0.29, 0.717) is 39.1 Å². The van der Waals surface area contributed by atoms with Crippen LogP contribution in [0, 0.1) is 13.8 Å². The van der Waals surface area contributed by atoms with Crippen LogP contribution in [0.3, 0.4) is 0 Å². The van der Waals surface area contributed by atoms with Crippen LogP contribution in [0.1, 0.15) is 21.7 Å². The Hall–Kier alpha value is -3.12. The van der Waals surface area contributed by atoms with Gasteiger partial charge in [-0.25, -0.2) is 4.79 Å². The molecule has 3 aromatic rings. The van der Waals surface area contributed by atoms with E-state index in [4.69, 9.17) is 16.3 Å². The topological polar surface area (TPSA) is 64.4 Å². The van der Waals surface area contributed by atoms with Crippen LogP contribution < -0.4 is 15.3 Å². The quantitative estimate of drug-likeness (QED) is 0.672. The van der Waals surface area contributed by atoms with Crippen LogP contribution in [-0.4, -0.2) is 29.6 Å². The molecule has 7 heteroatoms. The number of aromatic nitrogens is 2. The molecular formula is C21H20ClN3O3. The molecule has 0 N–H and O–H groups in total. The fourth-order valence-corrected chi connectivity index (χ4v) is 3.27. The normalized spacial score (nSPS) is 10.6. The first-order chi connectivity index (χ1) is 13.3. The van der Waals surface area contributed by atoms with E-state index in [-0.39, 0.29) is 5.91 Å². The van der Waals surface area contributed by atoms with Gasteiger partial charge in [0.15, 0.2) is 0 Å². The molecule has 0 unspecified atom stereocenters. The Morgan fingerprint density at radius 2 is 1.86 bits per heavy atom. The van der Waals surface area contributed by atoms with Gasteiger partial charge in [0.25, 0.3) is 5.91 Å². The minimum atomic E-state index is -0.443. The largest absolute Gasteiger partial charge is 0.495 e. The number of aryl methyl sites for hydroxylation is 2. The third-order valence-corrected chi connectivity index (χ3v) is 4.74. The zero-order valence-corrected chi connectivity index (χ0v) is 16.8. The summed E-state index contributed by atoms with van der Waals surface area (Å²) in [4.78, 5) is 30.9. The third-order valence-electron chi connectivity index (χ3n) is 4.42. The molecule has 0 aliphatic heterocycles. The van der Waals surface area contributed by atoms with Gasteiger partial charge in [0, 0.05) is 24.0 Å². The van der Waals surface area contributed by atoms with Gasteiger partial charge in [-0.15, -0.1) is 0 Å². The molecule has 1 aromatic heterocycles. The third kappa shape index (κ3) is 3.64. The maximum Gasteiger partial charge on any atom is 0.352 e. The van der Waals surface area contributed by atoms with Crippen molar-refractivity contribution < 1.29 is 9.53 Å². The molecule has 0 spiro atoms. The second-order valence-corrected chi connectivity index (χ2v) is 6.77. The minimum absolute atomic E-state index is 0.256. The summed E-state index contributed by atoms with van der Waals surface area (Å²) in [6.45, 7) is 3.55. The molecule has 2 aromatic carbocycles. The molecule has 0 fully saturated rings. The summed E-state index contributed by atoms with van der Waals surface area (Å²) in [6.07, 6.45) is 0. The number of para-hydroxylation sites is 2. The molecule has 1 heterocycles. The summed E-state index contributed by atoms with van der Waals surface area (Å²) >= 11 is 6.33. The first-order valence-corrected chi connectivity index (χ1v) is 8.99. The number of ether oxygens (including phenoxy) is 1. The van der Waals surface area contributed by atoms with Crippen LogP contribution in [-0.2, 0) is 0 Å². The monoisotopic (exact) mass is 397 g/mol. The molecule has 28 heavy (non-hydrogen) atoms. The van der Waals surface area contributed by atoms with Gasteiger partial charge >= 0.3 is 5.69 Å². The van der Waals surface area contributed by atoms with Crippen LogP contribution in [0.4, 0.5) is 5.69 Å². The zero-order valence-electron chi connectivity index (χ0n) is 16.1. The number of nitrogens with zero attached hydrogens (tertiary/aromatic N) is 3. The molecule has 1 amide bonds. The van der Waals surface area contributed by atoms with E-state index < -0.39 is 5.69 Å². The minimum Gasteiger partial charge on any atom is -0.495 e. The molecule has 3 rings (SSSR count). The van der Waals surface area contributed by atoms with Crippen molar-refractivity contribution in [2.45, 2.75) is 13.8 Å². The number of methoxy groups -OCH3 is 1. The summed E-state index contributed by atoms with van der Waals surface area (Å²) < 4.78 is 6.74. The average Bonchev–Trinajstić information content (AvgIpc) is 2.67. The van der Waals surface area contributed by atoms with Crippen LogP contribution in [0.15, 0.2) is 53.3 Å². The second kappa shape index (κ2) is 7.86. The van der Waals surface area contributed by atoms with E-state index in [0.717, 1.165) is 0 Å². The summed E-state index contributed by atoms with van der Waals surface area (Å²) in [5.41, 5.74) is 2.30. The second-order valence-electron chi connectivity index (χ2n) is 6.36. The molecule has 0 atom stereocenters. The first kappa shape index (κ1) is 19.6. The van der Waals surface area contributed by atoms with Gasteiger partial charge < -0.3 is 9.64 Å². The van der Waals surface area contributed by atoms with Crippen molar-refractivity contribution in [1.82, 2.24) is 9.55 Å². The van der Waals surface area contributed by atoms with Crippen molar-refractivity contribution in [2.75, 3.05) is 19.1 Å². The summed E-state index contributed by atoms with van der Waals surface area (Å²) in [5.74, 6) is 0.329. The fourth-order valence-electron chi connectivity index (χ4n) is 3.07. The Balaban J connectivity index is 2.07. The van der Waals surface area contributed by atoms with Crippen LogP contribution in [0.5, 0.6) is 5.75 Å². The van der Waals surface area contributed by atoms with E-state index in [1.165, 1.54) is 9.47 Å². The van der Waals surface area contributed by atoms with Gasteiger partial charge in [0.1, 0.15) is 5.75 Å². The van der Waals surface area contributed by atoms with Gasteiger partial charge in [0.2, 0.25) is 0 Å². The lowest BCUT2D eigenvalue weighted by Gasteiger charge is -2.20. The predicted molar refractivity (Wildman–Crippen MR) is 110 cm³/mol. The Morgan fingerprint density at radius 3 is 2.54 bits per heavy atom. The molecular weight excluding hydrogens is 378 g/mol. The summed E-state index contributed by atoms with van der Waals surface area (Å²) in [6, 6.07) is 13.9. The van der Waals surface area contributed by atoms with Gasteiger partial charge in [-0.05, 0) is 50.2 Å². The van der Waals surface area contributed by atoms with Crippen molar-refractivity contribution in [2.24, 2.45) is 0 Å². The number of amides is 1. The summed E-state index contributed by atoms with van der Waals surface area (Å²) in [5, 5.41) is 0.354. The Morgan fingerprint density at radius 1 is 1.14 bits per heavy atom. The smallest absolute Gasteiger partial charge is 0.352 e. The lowest BCUT2D eigenvalue weighted by Crippen LogP contribution is -2.28. The van der Waals surface area contributed by atoms with E-state index in [9.17, 15) is 9.59 Å². The number of carbonyl (C=O) groups is 1. The van der Waals surface area contributed by atoms with Crippen molar-refractivity contribution in [3.63, 3.8) is 0 Å². The molecule has 0 aliphatic carbocycles. The highest BCUT2D eigenvalue weighted by Gasteiger charge is 2.19. The van der Waals surface area contributed by atoms with Gasteiger partial charge in [-0.1, -0.05) is 23.7 Å². The van der Waals surface area contributed by atoms with E-state index in [1.807, 2.05) is 12.1 Å². The molecule has 0 aliphatic rings. The first-order valence-electron chi connectivity index (χ1n) is 8.61. The number of benzene rings is 2. The SMILES string of the molecule is COc1ccccc1N(C)C(=O)c1ccc(Cl)c(-n2c(C)cc(C)nc2=O)c1. The van der Waals surface area contributed by atoms with Crippen LogP contribution in [0.2, 0.25) is 5.02 Å². The summed E-state index contributed by atoms with van der Waals surface area (Å²) in [7, 11) is 3.22. The lowest BCUT2D eigenvalue weighted by atomic mass is 10.1. The molecule has 0 radical (unpaired) electrons.